The first-order valence-corrected chi connectivity index (χ1v) is 5.04. The van der Waals surface area contributed by atoms with Gasteiger partial charge in [-0.1, -0.05) is 6.07 Å². The standard InChI is InChI=1S/C12H16FNO2/c1-12(2,3)16-11(15)6-8-4-5-9(14)7-10(8)13/h4-5,7H,6,14H2,1-3H3. The summed E-state index contributed by atoms with van der Waals surface area (Å²) < 4.78 is 18.4. The van der Waals surface area contributed by atoms with Crippen LogP contribution >= 0.6 is 0 Å². The number of ether oxygens (including phenoxy) is 1. The molecule has 88 valence electrons. The lowest BCUT2D eigenvalue weighted by molar-refractivity contribution is -0.153. The monoisotopic (exact) mass is 225 g/mol. The van der Waals surface area contributed by atoms with E-state index in [1.807, 2.05) is 0 Å². The van der Waals surface area contributed by atoms with Crippen LogP contribution in [-0.4, -0.2) is 11.6 Å². The van der Waals surface area contributed by atoms with Crippen LogP contribution in [0.2, 0.25) is 0 Å². The highest BCUT2D eigenvalue weighted by molar-refractivity contribution is 5.73. The summed E-state index contributed by atoms with van der Waals surface area (Å²) in [6.45, 7) is 5.30. The zero-order valence-corrected chi connectivity index (χ0v) is 9.71. The van der Waals surface area contributed by atoms with E-state index in [-0.39, 0.29) is 6.42 Å². The summed E-state index contributed by atoms with van der Waals surface area (Å²) in [5.41, 5.74) is 5.48. The maximum absolute atomic E-state index is 13.4. The van der Waals surface area contributed by atoms with E-state index in [4.69, 9.17) is 10.5 Å². The number of hydrogen-bond donors (Lipinski definition) is 1. The molecule has 3 nitrogen and oxygen atoms in total. The van der Waals surface area contributed by atoms with E-state index < -0.39 is 17.4 Å². The molecular weight excluding hydrogens is 209 g/mol. The number of anilines is 1. The topological polar surface area (TPSA) is 52.3 Å². The summed E-state index contributed by atoms with van der Waals surface area (Å²) >= 11 is 0. The van der Waals surface area contributed by atoms with Crippen LogP contribution in [0.25, 0.3) is 0 Å². The fraction of sp³-hybridized carbons (Fsp3) is 0.417. The fourth-order valence-corrected chi connectivity index (χ4v) is 1.24. The van der Waals surface area contributed by atoms with Crippen molar-refractivity contribution in [2.75, 3.05) is 5.73 Å². The molecule has 0 aliphatic carbocycles. The summed E-state index contributed by atoms with van der Waals surface area (Å²) in [4.78, 5) is 11.4. The number of nitrogens with two attached hydrogens (primary N) is 1. The van der Waals surface area contributed by atoms with Gasteiger partial charge < -0.3 is 10.5 Å². The first-order chi connectivity index (χ1) is 7.28. The molecule has 4 heteroatoms. The van der Waals surface area contributed by atoms with Crippen molar-refractivity contribution in [2.24, 2.45) is 0 Å². The molecule has 1 aromatic carbocycles. The minimum absolute atomic E-state index is 0.0800. The number of hydrogen-bond acceptors (Lipinski definition) is 3. The molecule has 0 amide bonds. The predicted octanol–water partition coefficient (Wildman–Crippen LogP) is 2.29. The summed E-state index contributed by atoms with van der Waals surface area (Å²) in [6, 6.07) is 4.25. The quantitative estimate of drug-likeness (QED) is 0.620. The first-order valence-electron chi connectivity index (χ1n) is 5.04. The Morgan fingerprint density at radius 3 is 2.56 bits per heavy atom. The molecule has 0 unspecified atom stereocenters. The van der Waals surface area contributed by atoms with Crippen LogP contribution in [0.5, 0.6) is 0 Å². The molecule has 0 aliphatic rings. The maximum Gasteiger partial charge on any atom is 0.310 e. The molecule has 2 N–H and O–H groups in total. The molecule has 0 fully saturated rings. The van der Waals surface area contributed by atoms with E-state index in [0.717, 1.165) is 0 Å². The van der Waals surface area contributed by atoms with E-state index >= 15 is 0 Å². The third-order valence-corrected chi connectivity index (χ3v) is 1.83. The Hall–Kier alpha value is -1.58. The van der Waals surface area contributed by atoms with Gasteiger partial charge in [-0.15, -0.1) is 0 Å². The summed E-state index contributed by atoms with van der Waals surface area (Å²) in [7, 11) is 0. The third-order valence-electron chi connectivity index (χ3n) is 1.83. The summed E-state index contributed by atoms with van der Waals surface area (Å²) in [5.74, 6) is -0.929. The van der Waals surface area contributed by atoms with Crippen molar-refractivity contribution in [3.63, 3.8) is 0 Å². The second kappa shape index (κ2) is 4.51. The van der Waals surface area contributed by atoms with Gasteiger partial charge in [0.25, 0.3) is 0 Å². The maximum atomic E-state index is 13.4. The number of esters is 1. The van der Waals surface area contributed by atoms with Gasteiger partial charge in [0.15, 0.2) is 0 Å². The Labute approximate surface area is 94.4 Å². The molecule has 0 atom stereocenters. The summed E-state index contributed by atoms with van der Waals surface area (Å²) in [6.07, 6.45) is -0.0800. The van der Waals surface area contributed by atoms with Crippen LogP contribution in [0.1, 0.15) is 26.3 Å². The van der Waals surface area contributed by atoms with Gasteiger partial charge in [-0.25, -0.2) is 4.39 Å². The van der Waals surface area contributed by atoms with Crippen LogP contribution < -0.4 is 5.73 Å². The summed E-state index contributed by atoms with van der Waals surface area (Å²) in [5, 5.41) is 0. The Morgan fingerprint density at radius 1 is 1.44 bits per heavy atom. The Kier molecular flexibility index (Phi) is 3.52. The molecule has 1 rings (SSSR count). The van der Waals surface area contributed by atoms with Crippen molar-refractivity contribution in [1.82, 2.24) is 0 Å². The molecule has 0 spiro atoms. The molecular formula is C12H16FNO2. The minimum atomic E-state index is -0.554. The van der Waals surface area contributed by atoms with Gasteiger partial charge in [0.05, 0.1) is 6.42 Å². The van der Waals surface area contributed by atoms with Crippen molar-refractivity contribution < 1.29 is 13.9 Å². The van der Waals surface area contributed by atoms with E-state index in [2.05, 4.69) is 0 Å². The highest BCUT2D eigenvalue weighted by atomic mass is 19.1. The molecule has 0 radical (unpaired) electrons. The molecule has 0 bridgehead atoms. The van der Waals surface area contributed by atoms with Gasteiger partial charge in [0, 0.05) is 5.69 Å². The molecule has 0 heterocycles. The fourth-order valence-electron chi connectivity index (χ4n) is 1.24. The van der Waals surface area contributed by atoms with Crippen LogP contribution in [0.4, 0.5) is 10.1 Å². The molecule has 0 aromatic heterocycles. The average Bonchev–Trinajstić information content (AvgIpc) is 2.06. The first kappa shape index (κ1) is 12.5. The number of halogens is 1. The van der Waals surface area contributed by atoms with Gasteiger partial charge in [-0.2, -0.15) is 0 Å². The highest BCUT2D eigenvalue weighted by Crippen LogP contribution is 2.15. The number of nitrogen functional groups attached to an aromatic ring is 1. The zero-order chi connectivity index (χ0) is 12.3. The van der Waals surface area contributed by atoms with E-state index in [0.29, 0.717) is 11.3 Å². The number of carbonyl (C=O) groups excluding carboxylic acids is 1. The zero-order valence-electron chi connectivity index (χ0n) is 9.71. The van der Waals surface area contributed by atoms with Crippen LogP contribution in [-0.2, 0) is 16.0 Å². The largest absolute Gasteiger partial charge is 0.460 e. The van der Waals surface area contributed by atoms with Gasteiger partial charge in [0.2, 0.25) is 0 Å². The lowest BCUT2D eigenvalue weighted by Gasteiger charge is -2.19. The smallest absolute Gasteiger partial charge is 0.310 e. The predicted molar refractivity (Wildman–Crippen MR) is 60.4 cm³/mol. The molecule has 1 aromatic rings. The van der Waals surface area contributed by atoms with Crippen molar-refractivity contribution in [2.45, 2.75) is 32.8 Å². The number of rotatable bonds is 2. The second-order valence-corrected chi connectivity index (χ2v) is 4.61. The van der Waals surface area contributed by atoms with Crippen LogP contribution in [0.15, 0.2) is 18.2 Å². The second-order valence-electron chi connectivity index (χ2n) is 4.61. The van der Waals surface area contributed by atoms with Crippen LogP contribution in [0, 0.1) is 5.82 Å². The third kappa shape index (κ3) is 3.88. The Morgan fingerprint density at radius 2 is 2.06 bits per heavy atom. The Bertz CT molecular complexity index is 396. The van der Waals surface area contributed by atoms with Crippen molar-refractivity contribution >= 4 is 11.7 Å². The van der Waals surface area contributed by atoms with E-state index in [1.54, 1.807) is 26.8 Å². The van der Waals surface area contributed by atoms with E-state index in [9.17, 15) is 9.18 Å². The van der Waals surface area contributed by atoms with Gasteiger partial charge in [-0.05, 0) is 38.5 Å². The molecule has 16 heavy (non-hydrogen) atoms. The molecule has 0 saturated heterocycles. The van der Waals surface area contributed by atoms with Crippen molar-refractivity contribution in [3.8, 4) is 0 Å². The van der Waals surface area contributed by atoms with Gasteiger partial charge in [0.1, 0.15) is 11.4 Å². The van der Waals surface area contributed by atoms with Gasteiger partial charge >= 0.3 is 5.97 Å². The number of carbonyl (C=O) groups is 1. The van der Waals surface area contributed by atoms with Crippen LogP contribution in [0.3, 0.4) is 0 Å². The lowest BCUT2D eigenvalue weighted by Crippen LogP contribution is -2.25. The van der Waals surface area contributed by atoms with Gasteiger partial charge in [-0.3, -0.25) is 4.79 Å². The number of benzene rings is 1. The SMILES string of the molecule is CC(C)(C)OC(=O)Cc1ccc(N)cc1F. The average molecular weight is 225 g/mol. The minimum Gasteiger partial charge on any atom is -0.460 e. The Balaban J connectivity index is 2.70. The molecule has 0 aliphatic heterocycles. The van der Waals surface area contributed by atoms with Crippen molar-refractivity contribution in [1.29, 1.82) is 0 Å². The highest BCUT2D eigenvalue weighted by Gasteiger charge is 2.17. The van der Waals surface area contributed by atoms with Crippen molar-refractivity contribution in [3.05, 3.63) is 29.6 Å². The normalized spacial score (nSPS) is 11.2. The molecule has 0 saturated carbocycles. The van der Waals surface area contributed by atoms with E-state index in [1.165, 1.54) is 12.1 Å². The lowest BCUT2D eigenvalue weighted by atomic mass is 10.1.